The molecule has 1 aliphatic heterocycles. The lowest BCUT2D eigenvalue weighted by molar-refractivity contribution is -0.143. The summed E-state index contributed by atoms with van der Waals surface area (Å²) in [6.07, 6.45) is 3.75. The molecule has 0 unspecified atom stereocenters. The van der Waals surface area contributed by atoms with Crippen molar-refractivity contribution >= 4 is 17.8 Å². The SMILES string of the molecule is COC(=O)CCC(=O)N1CCN(c2ncccn2)CC1. The van der Waals surface area contributed by atoms with Gasteiger partial charge in [-0.25, -0.2) is 9.97 Å². The monoisotopic (exact) mass is 278 g/mol. The molecule has 1 fully saturated rings. The van der Waals surface area contributed by atoms with Crippen LogP contribution in [-0.4, -0.2) is 60.0 Å². The summed E-state index contributed by atoms with van der Waals surface area (Å²) in [5.74, 6) is 0.327. The van der Waals surface area contributed by atoms with Gasteiger partial charge in [0, 0.05) is 45.0 Å². The van der Waals surface area contributed by atoms with Crippen LogP contribution in [-0.2, 0) is 14.3 Å². The Kier molecular flexibility index (Phi) is 4.86. The van der Waals surface area contributed by atoms with Gasteiger partial charge in [-0.3, -0.25) is 9.59 Å². The highest BCUT2D eigenvalue weighted by molar-refractivity contribution is 5.81. The van der Waals surface area contributed by atoms with Gasteiger partial charge in [-0.15, -0.1) is 0 Å². The summed E-state index contributed by atoms with van der Waals surface area (Å²) < 4.78 is 4.53. The molecule has 1 amide bonds. The van der Waals surface area contributed by atoms with Crippen molar-refractivity contribution in [1.82, 2.24) is 14.9 Å². The number of carbonyl (C=O) groups excluding carboxylic acids is 2. The number of rotatable bonds is 4. The number of aromatic nitrogens is 2. The van der Waals surface area contributed by atoms with E-state index in [4.69, 9.17) is 0 Å². The maximum absolute atomic E-state index is 11.9. The van der Waals surface area contributed by atoms with E-state index >= 15 is 0 Å². The van der Waals surface area contributed by atoms with Gasteiger partial charge in [0.25, 0.3) is 0 Å². The first-order valence-corrected chi connectivity index (χ1v) is 6.57. The molecule has 0 spiro atoms. The molecule has 7 nitrogen and oxygen atoms in total. The fourth-order valence-electron chi connectivity index (χ4n) is 2.08. The molecule has 0 aromatic carbocycles. The predicted octanol–water partition coefficient (Wildman–Crippen LogP) is 0.0784. The molecule has 1 aromatic rings. The number of amides is 1. The van der Waals surface area contributed by atoms with Crippen LogP contribution in [0.15, 0.2) is 18.5 Å². The minimum absolute atomic E-state index is 0.0102. The number of esters is 1. The van der Waals surface area contributed by atoms with Gasteiger partial charge in [0.1, 0.15) is 0 Å². The topological polar surface area (TPSA) is 75.6 Å². The van der Waals surface area contributed by atoms with E-state index < -0.39 is 0 Å². The summed E-state index contributed by atoms with van der Waals surface area (Å²) in [5, 5.41) is 0. The van der Waals surface area contributed by atoms with Crippen molar-refractivity contribution < 1.29 is 14.3 Å². The smallest absolute Gasteiger partial charge is 0.306 e. The first kappa shape index (κ1) is 14.2. The maximum atomic E-state index is 11.9. The van der Waals surface area contributed by atoms with Gasteiger partial charge in [-0.2, -0.15) is 0 Å². The van der Waals surface area contributed by atoms with Crippen LogP contribution in [0.4, 0.5) is 5.95 Å². The fourth-order valence-corrected chi connectivity index (χ4v) is 2.08. The Morgan fingerprint density at radius 1 is 1.15 bits per heavy atom. The molecule has 1 saturated heterocycles. The lowest BCUT2D eigenvalue weighted by atomic mass is 10.2. The number of hydrogen-bond donors (Lipinski definition) is 0. The van der Waals surface area contributed by atoms with Crippen molar-refractivity contribution in [2.75, 3.05) is 38.2 Å². The Hall–Kier alpha value is -2.18. The lowest BCUT2D eigenvalue weighted by Crippen LogP contribution is -2.49. The van der Waals surface area contributed by atoms with Crippen molar-refractivity contribution in [2.24, 2.45) is 0 Å². The average molecular weight is 278 g/mol. The standard InChI is InChI=1S/C13H18N4O3/c1-20-12(19)4-3-11(18)16-7-9-17(10-8-16)13-14-5-2-6-15-13/h2,5-6H,3-4,7-10H2,1H3. The maximum Gasteiger partial charge on any atom is 0.306 e. The molecule has 0 saturated carbocycles. The molecule has 108 valence electrons. The number of ether oxygens (including phenoxy) is 1. The molecule has 0 N–H and O–H groups in total. The molecule has 0 bridgehead atoms. The predicted molar refractivity (Wildman–Crippen MR) is 72.1 cm³/mol. The molecule has 1 aromatic heterocycles. The summed E-state index contributed by atoms with van der Waals surface area (Å²) in [5.41, 5.74) is 0. The largest absolute Gasteiger partial charge is 0.469 e. The summed E-state index contributed by atoms with van der Waals surface area (Å²) in [4.78, 5) is 35.1. The number of anilines is 1. The van der Waals surface area contributed by atoms with Crippen molar-refractivity contribution in [3.63, 3.8) is 0 Å². The summed E-state index contributed by atoms with van der Waals surface area (Å²) in [6, 6.07) is 1.77. The van der Waals surface area contributed by atoms with Gasteiger partial charge in [0.05, 0.1) is 13.5 Å². The van der Waals surface area contributed by atoms with Gasteiger partial charge in [0.15, 0.2) is 0 Å². The van der Waals surface area contributed by atoms with Crippen molar-refractivity contribution in [3.05, 3.63) is 18.5 Å². The van der Waals surface area contributed by atoms with Gasteiger partial charge < -0.3 is 14.5 Å². The van der Waals surface area contributed by atoms with Gasteiger partial charge in [0.2, 0.25) is 11.9 Å². The summed E-state index contributed by atoms with van der Waals surface area (Å²) >= 11 is 0. The Morgan fingerprint density at radius 3 is 2.40 bits per heavy atom. The zero-order valence-corrected chi connectivity index (χ0v) is 11.5. The molecular weight excluding hydrogens is 260 g/mol. The summed E-state index contributed by atoms with van der Waals surface area (Å²) in [6.45, 7) is 2.65. The normalized spacial score (nSPS) is 15.1. The van der Waals surface area contributed by atoms with Crippen LogP contribution >= 0.6 is 0 Å². The Labute approximate surface area is 117 Å². The number of methoxy groups -OCH3 is 1. The lowest BCUT2D eigenvalue weighted by Gasteiger charge is -2.34. The van der Waals surface area contributed by atoms with Gasteiger partial charge in [-0.05, 0) is 6.07 Å². The van der Waals surface area contributed by atoms with Crippen LogP contribution in [0.5, 0.6) is 0 Å². The zero-order chi connectivity index (χ0) is 14.4. The van der Waals surface area contributed by atoms with Crippen molar-refractivity contribution in [2.45, 2.75) is 12.8 Å². The number of hydrogen-bond acceptors (Lipinski definition) is 6. The van der Waals surface area contributed by atoms with Crippen LogP contribution in [0.1, 0.15) is 12.8 Å². The third-order valence-corrected chi connectivity index (χ3v) is 3.24. The molecule has 0 radical (unpaired) electrons. The molecule has 20 heavy (non-hydrogen) atoms. The number of nitrogens with zero attached hydrogens (tertiary/aromatic N) is 4. The third-order valence-electron chi connectivity index (χ3n) is 3.24. The van der Waals surface area contributed by atoms with E-state index in [1.165, 1.54) is 7.11 Å². The Balaban J connectivity index is 1.79. The number of piperazine rings is 1. The van der Waals surface area contributed by atoms with Crippen LogP contribution in [0.25, 0.3) is 0 Å². The molecule has 1 aliphatic rings. The fraction of sp³-hybridized carbons (Fsp3) is 0.538. The molecule has 0 aliphatic carbocycles. The first-order chi connectivity index (χ1) is 9.70. The van der Waals surface area contributed by atoms with Crippen molar-refractivity contribution in [3.8, 4) is 0 Å². The van der Waals surface area contributed by atoms with Crippen LogP contribution in [0.3, 0.4) is 0 Å². The third kappa shape index (κ3) is 3.66. The molecular formula is C13H18N4O3. The highest BCUT2D eigenvalue weighted by Crippen LogP contribution is 2.11. The average Bonchev–Trinajstić information content (AvgIpc) is 2.53. The van der Waals surface area contributed by atoms with Crippen molar-refractivity contribution in [1.29, 1.82) is 0 Å². The summed E-state index contributed by atoms with van der Waals surface area (Å²) in [7, 11) is 1.32. The van der Waals surface area contributed by atoms with E-state index in [1.807, 2.05) is 4.90 Å². The first-order valence-electron chi connectivity index (χ1n) is 6.57. The molecule has 0 atom stereocenters. The van der Waals surface area contributed by atoms with Crippen LogP contribution in [0, 0.1) is 0 Å². The van der Waals surface area contributed by atoms with Crippen LogP contribution < -0.4 is 4.90 Å². The minimum Gasteiger partial charge on any atom is -0.469 e. The van der Waals surface area contributed by atoms with Gasteiger partial charge >= 0.3 is 5.97 Å². The Morgan fingerprint density at radius 2 is 1.80 bits per heavy atom. The minimum atomic E-state index is -0.352. The van der Waals surface area contributed by atoms with E-state index in [2.05, 4.69) is 14.7 Å². The van der Waals surface area contributed by atoms with E-state index in [9.17, 15) is 9.59 Å². The Bertz CT molecular complexity index is 458. The molecule has 2 rings (SSSR count). The second-order valence-electron chi connectivity index (χ2n) is 4.49. The second-order valence-corrected chi connectivity index (χ2v) is 4.49. The quantitative estimate of drug-likeness (QED) is 0.726. The van der Waals surface area contributed by atoms with Crippen LogP contribution in [0.2, 0.25) is 0 Å². The highest BCUT2D eigenvalue weighted by Gasteiger charge is 2.22. The van der Waals surface area contributed by atoms with E-state index in [-0.39, 0.29) is 24.7 Å². The van der Waals surface area contributed by atoms with E-state index in [0.29, 0.717) is 32.1 Å². The molecule has 7 heteroatoms. The van der Waals surface area contributed by atoms with E-state index in [0.717, 1.165) is 0 Å². The number of carbonyl (C=O) groups is 2. The van der Waals surface area contributed by atoms with E-state index in [1.54, 1.807) is 23.4 Å². The zero-order valence-electron chi connectivity index (χ0n) is 11.5. The van der Waals surface area contributed by atoms with Gasteiger partial charge in [-0.1, -0.05) is 0 Å². The highest BCUT2D eigenvalue weighted by atomic mass is 16.5. The molecule has 2 heterocycles. The second kappa shape index (κ2) is 6.83.